The third-order valence-corrected chi connectivity index (χ3v) is 6.53. The van der Waals surface area contributed by atoms with Gasteiger partial charge < -0.3 is 10.1 Å². The molecule has 1 aliphatic carbocycles. The summed E-state index contributed by atoms with van der Waals surface area (Å²) < 4.78 is 85.9. The number of rotatable bonds is 3. The van der Waals surface area contributed by atoms with E-state index in [0.717, 1.165) is 17.4 Å². The summed E-state index contributed by atoms with van der Waals surface area (Å²) in [6.45, 7) is 1.37. The first-order valence-corrected chi connectivity index (χ1v) is 10.9. The highest BCUT2D eigenvalue weighted by Gasteiger charge is 2.45. The van der Waals surface area contributed by atoms with Gasteiger partial charge in [0.2, 0.25) is 0 Å². The van der Waals surface area contributed by atoms with E-state index < -0.39 is 47.2 Å². The van der Waals surface area contributed by atoms with E-state index >= 15 is 0 Å². The van der Waals surface area contributed by atoms with E-state index in [1.807, 2.05) is 24.3 Å². The van der Waals surface area contributed by atoms with Gasteiger partial charge in [-0.1, -0.05) is 24.3 Å². The monoisotopic (exact) mass is 508 g/mol. The Labute approximate surface area is 201 Å². The number of carbonyl (C=O) groups excluding carboxylic acids is 2. The van der Waals surface area contributed by atoms with Gasteiger partial charge in [-0.15, -0.1) is 0 Å². The van der Waals surface area contributed by atoms with Crippen molar-refractivity contribution >= 4 is 17.5 Å². The van der Waals surface area contributed by atoms with Gasteiger partial charge in [0.25, 0.3) is 11.8 Å². The molecule has 36 heavy (non-hydrogen) atoms. The van der Waals surface area contributed by atoms with Gasteiger partial charge in [0.1, 0.15) is 0 Å². The van der Waals surface area contributed by atoms with Crippen LogP contribution in [0.1, 0.15) is 35.1 Å². The highest BCUT2D eigenvalue weighted by molar-refractivity contribution is 6.08. The van der Waals surface area contributed by atoms with E-state index in [1.165, 1.54) is 13.0 Å². The van der Waals surface area contributed by atoms with E-state index in [4.69, 9.17) is 4.74 Å². The van der Waals surface area contributed by atoms with E-state index in [0.29, 0.717) is 23.5 Å². The molecule has 2 aromatic rings. The molecule has 1 saturated heterocycles. The van der Waals surface area contributed by atoms with Crippen LogP contribution in [-0.4, -0.2) is 24.1 Å². The smallest absolute Gasteiger partial charge is 0.416 e. The van der Waals surface area contributed by atoms with Crippen LogP contribution in [0.2, 0.25) is 0 Å². The summed E-state index contributed by atoms with van der Waals surface area (Å²) in [5.74, 6) is -1.53. The number of anilines is 1. The van der Waals surface area contributed by atoms with Gasteiger partial charge in [0, 0.05) is 23.2 Å². The first kappa shape index (κ1) is 24.0. The molecule has 5 rings (SSSR count). The molecule has 11 heteroatoms. The van der Waals surface area contributed by atoms with E-state index in [1.54, 1.807) is 0 Å². The molecular formula is C25H18F6N2O3. The molecule has 1 fully saturated rings. The SMILES string of the molecule is CC1=CC(O/C=C2/C(=O)NC3Cc4ccccc4C23)N(c2cc(C(F)(F)F)cc(C(F)(F)F)c2)C1=O. The zero-order valence-corrected chi connectivity index (χ0v) is 18.6. The lowest BCUT2D eigenvalue weighted by Crippen LogP contribution is -2.36. The van der Waals surface area contributed by atoms with Crippen molar-refractivity contribution in [2.75, 3.05) is 4.90 Å². The fraction of sp³-hybridized carbons (Fsp3) is 0.280. The van der Waals surface area contributed by atoms with Crippen LogP contribution in [0.5, 0.6) is 0 Å². The molecule has 0 saturated carbocycles. The molecule has 188 valence electrons. The summed E-state index contributed by atoms with van der Waals surface area (Å²) in [6.07, 6.45) is -8.47. The zero-order chi connectivity index (χ0) is 26.0. The fourth-order valence-corrected chi connectivity index (χ4v) is 4.88. The van der Waals surface area contributed by atoms with Gasteiger partial charge in [-0.25, -0.2) is 0 Å². The molecule has 2 heterocycles. The van der Waals surface area contributed by atoms with Crippen LogP contribution >= 0.6 is 0 Å². The minimum Gasteiger partial charge on any atom is -0.474 e. The number of carbonyl (C=O) groups is 2. The van der Waals surface area contributed by atoms with E-state index in [9.17, 15) is 35.9 Å². The summed E-state index contributed by atoms with van der Waals surface area (Å²) in [6, 6.07) is 8.25. The molecule has 3 unspecified atom stereocenters. The first-order chi connectivity index (χ1) is 16.8. The molecule has 0 spiro atoms. The Hall–Kier alpha value is -3.76. The Morgan fingerprint density at radius 1 is 1.00 bits per heavy atom. The molecule has 2 aromatic carbocycles. The van der Waals surface area contributed by atoms with Gasteiger partial charge in [0.15, 0.2) is 6.23 Å². The third-order valence-electron chi connectivity index (χ3n) is 6.53. The quantitative estimate of drug-likeness (QED) is 0.358. The van der Waals surface area contributed by atoms with Crippen molar-refractivity contribution in [1.29, 1.82) is 0 Å². The van der Waals surface area contributed by atoms with Crippen molar-refractivity contribution < 1.29 is 40.7 Å². The predicted molar refractivity (Wildman–Crippen MR) is 115 cm³/mol. The van der Waals surface area contributed by atoms with Gasteiger partial charge in [-0.2, -0.15) is 26.3 Å². The molecule has 2 aliphatic heterocycles. The molecule has 3 aliphatic rings. The molecule has 5 nitrogen and oxygen atoms in total. The van der Waals surface area contributed by atoms with E-state index in [2.05, 4.69) is 5.32 Å². The normalized spacial score (nSPS) is 24.6. The van der Waals surface area contributed by atoms with Crippen LogP contribution in [0.4, 0.5) is 32.0 Å². The topological polar surface area (TPSA) is 58.6 Å². The minimum atomic E-state index is -5.08. The van der Waals surface area contributed by atoms with Crippen molar-refractivity contribution in [3.05, 3.63) is 88.2 Å². The number of benzene rings is 2. The van der Waals surface area contributed by atoms with Crippen molar-refractivity contribution in [3.63, 3.8) is 0 Å². The van der Waals surface area contributed by atoms with Crippen molar-refractivity contribution in [2.45, 2.75) is 43.9 Å². The van der Waals surface area contributed by atoms with Crippen molar-refractivity contribution in [1.82, 2.24) is 5.32 Å². The number of amides is 2. The lowest BCUT2D eigenvalue weighted by Gasteiger charge is -2.26. The third kappa shape index (κ3) is 4.02. The van der Waals surface area contributed by atoms with Crippen LogP contribution in [0.25, 0.3) is 0 Å². The van der Waals surface area contributed by atoms with Crippen LogP contribution < -0.4 is 10.2 Å². The average Bonchev–Trinajstić information content (AvgIpc) is 3.39. The second-order valence-electron chi connectivity index (χ2n) is 8.85. The summed E-state index contributed by atoms with van der Waals surface area (Å²) in [7, 11) is 0. The predicted octanol–water partition coefficient (Wildman–Crippen LogP) is 5.08. The Morgan fingerprint density at radius 3 is 2.28 bits per heavy atom. The summed E-state index contributed by atoms with van der Waals surface area (Å²) in [4.78, 5) is 26.1. The van der Waals surface area contributed by atoms with Gasteiger partial charge >= 0.3 is 12.4 Å². The van der Waals surface area contributed by atoms with Crippen LogP contribution in [0.3, 0.4) is 0 Å². The highest BCUT2D eigenvalue weighted by atomic mass is 19.4. The number of hydrogen-bond acceptors (Lipinski definition) is 3. The Bertz CT molecular complexity index is 1300. The Morgan fingerprint density at radius 2 is 1.64 bits per heavy atom. The maximum Gasteiger partial charge on any atom is 0.416 e. The molecule has 3 atom stereocenters. The van der Waals surface area contributed by atoms with Crippen molar-refractivity contribution in [3.8, 4) is 0 Å². The average molecular weight is 508 g/mol. The maximum absolute atomic E-state index is 13.4. The Kier molecular flexibility index (Phi) is 5.42. The van der Waals surface area contributed by atoms with Gasteiger partial charge in [-0.05, 0) is 48.7 Å². The van der Waals surface area contributed by atoms with Gasteiger partial charge in [0.05, 0.1) is 23.0 Å². The number of nitrogens with one attached hydrogen (secondary N) is 1. The lowest BCUT2D eigenvalue weighted by molar-refractivity contribution is -0.143. The number of hydrogen-bond donors (Lipinski definition) is 1. The maximum atomic E-state index is 13.4. The van der Waals surface area contributed by atoms with Crippen LogP contribution in [-0.2, 0) is 33.1 Å². The molecular weight excluding hydrogens is 490 g/mol. The highest BCUT2D eigenvalue weighted by Crippen LogP contribution is 2.43. The van der Waals surface area contributed by atoms with Gasteiger partial charge in [-0.3, -0.25) is 14.5 Å². The minimum absolute atomic E-state index is 0.0112. The fourth-order valence-electron chi connectivity index (χ4n) is 4.88. The van der Waals surface area contributed by atoms with E-state index in [-0.39, 0.29) is 29.2 Å². The summed E-state index contributed by atoms with van der Waals surface area (Å²) in [5.41, 5.74) is -1.42. The molecule has 0 bridgehead atoms. The summed E-state index contributed by atoms with van der Waals surface area (Å²) >= 11 is 0. The van der Waals surface area contributed by atoms with Crippen LogP contribution in [0.15, 0.2) is 65.9 Å². The number of halogens is 6. The number of fused-ring (bicyclic) bond motifs is 3. The largest absolute Gasteiger partial charge is 0.474 e. The Balaban J connectivity index is 1.51. The summed E-state index contributed by atoms with van der Waals surface area (Å²) in [5, 5.41) is 2.86. The number of alkyl halides is 6. The first-order valence-electron chi connectivity index (χ1n) is 10.9. The standard InChI is InChI=1S/C25H18F6N2O3/c1-12-6-20(36-11-18-21-17-5-3-2-4-13(17)7-19(21)32-22(18)34)33(23(12)35)16-9-14(24(26,27)28)8-15(10-16)25(29,30)31/h2-6,8-11,19-21H,7H2,1H3,(H,32,34)/b18-11+. The molecule has 2 amide bonds. The van der Waals surface area contributed by atoms with Crippen molar-refractivity contribution in [2.24, 2.45) is 0 Å². The second kappa shape index (κ2) is 8.14. The molecule has 0 aromatic heterocycles. The number of ether oxygens (including phenoxy) is 1. The lowest BCUT2D eigenvalue weighted by atomic mass is 9.94. The zero-order valence-electron chi connectivity index (χ0n) is 18.6. The second-order valence-corrected chi connectivity index (χ2v) is 8.85. The molecule has 1 N–H and O–H groups in total. The number of nitrogens with zero attached hydrogens (tertiary/aromatic N) is 1. The van der Waals surface area contributed by atoms with Crippen LogP contribution in [0, 0.1) is 0 Å². The molecule has 0 radical (unpaired) electrons.